The van der Waals surface area contributed by atoms with Crippen LogP contribution in [0.5, 0.6) is 11.5 Å². The zero-order valence-corrected chi connectivity index (χ0v) is 22.8. The Balaban J connectivity index is 1.67. The number of carbonyl (C=O) groups is 3. The molecular formula is C28H24BrClN2O5. The molecule has 3 aromatic carbocycles. The van der Waals surface area contributed by atoms with E-state index in [1.165, 1.54) is 6.08 Å². The van der Waals surface area contributed by atoms with E-state index in [0.29, 0.717) is 38.9 Å². The van der Waals surface area contributed by atoms with Crippen molar-refractivity contribution in [3.8, 4) is 11.5 Å². The Morgan fingerprint density at radius 2 is 1.76 bits per heavy atom. The van der Waals surface area contributed by atoms with Gasteiger partial charge in [-0.3, -0.25) is 14.9 Å². The Labute approximate surface area is 228 Å². The van der Waals surface area contributed by atoms with E-state index in [1.807, 2.05) is 39.0 Å². The van der Waals surface area contributed by atoms with Gasteiger partial charge in [-0.1, -0.05) is 35.9 Å². The molecule has 0 aliphatic carbocycles. The highest BCUT2D eigenvalue weighted by molar-refractivity contribution is 9.10. The maximum Gasteiger partial charge on any atom is 0.335 e. The zero-order valence-electron chi connectivity index (χ0n) is 20.4. The first kappa shape index (κ1) is 26.4. The van der Waals surface area contributed by atoms with Crippen molar-refractivity contribution in [1.29, 1.82) is 0 Å². The zero-order chi connectivity index (χ0) is 26.7. The second-order valence-corrected chi connectivity index (χ2v) is 9.65. The Hall–Kier alpha value is -3.62. The van der Waals surface area contributed by atoms with Crippen LogP contribution in [0.1, 0.15) is 29.2 Å². The first-order valence-corrected chi connectivity index (χ1v) is 12.7. The highest BCUT2D eigenvalue weighted by Gasteiger charge is 2.37. The minimum atomic E-state index is -0.789. The Bertz CT molecular complexity index is 1420. The monoisotopic (exact) mass is 582 g/mol. The van der Waals surface area contributed by atoms with E-state index in [0.717, 1.165) is 21.6 Å². The van der Waals surface area contributed by atoms with Gasteiger partial charge in [0.15, 0.2) is 11.5 Å². The van der Waals surface area contributed by atoms with Crippen LogP contribution in [0.4, 0.5) is 10.5 Å². The van der Waals surface area contributed by atoms with Crippen LogP contribution < -0.4 is 19.7 Å². The molecule has 1 aliphatic rings. The molecule has 4 rings (SSSR count). The number of nitrogens with one attached hydrogen (secondary N) is 1. The van der Waals surface area contributed by atoms with Crippen LogP contribution in [0, 0.1) is 13.8 Å². The molecule has 37 heavy (non-hydrogen) atoms. The van der Waals surface area contributed by atoms with Crippen molar-refractivity contribution in [3.63, 3.8) is 0 Å². The molecule has 190 valence electrons. The number of imide groups is 2. The summed E-state index contributed by atoms with van der Waals surface area (Å²) >= 11 is 9.48. The summed E-state index contributed by atoms with van der Waals surface area (Å²) in [6.07, 6.45) is 1.43. The van der Waals surface area contributed by atoms with Crippen molar-refractivity contribution in [2.24, 2.45) is 0 Å². The van der Waals surface area contributed by atoms with Crippen molar-refractivity contribution in [2.45, 2.75) is 27.4 Å². The van der Waals surface area contributed by atoms with Gasteiger partial charge in [0.25, 0.3) is 11.8 Å². The summed E-state index contributed by atoms with van der Waals surface area (Å²) in [5, 5.41) is 2.90. The number of hydrogen-bond donors (Lipinski definition) is 1. The molecule has 1 aliphatic heterocycles. The van der Waals surface area contributed by atoms with Crippen molar-refractivity contribution in [2.75, 3.05) is 11.5 Å². The second kappa shape index (κ2) is 11.2. The molecule has 0 atom stereocenters. The van der Waals surface area contributed by atoms with Crippen molar-refractivity contribution in [3.05, 3.63) is 91.9 Å². The quantitative estimate of drug-likeness (QED) is 0.258. The van der Waals surface area contributed by atoms with E-state index in [-0.39, 0.29) is 12.2 Å². The van der Waals surface area contributed by atoms with E-state index < -0.39 is 17.8 Å². The maximum absolute atomic E-state index is 13.4. The first-order chi connectivity index (χ1) is 17.7. The molecule has 0 spiro atoms. The second-order valence-electron chi connectivity index (χ2n) is 8.36. The van der Waals surface area contributed by atoms with Crippen LogP contribution >= 0.6 is 27.5 Å². The van der Waals surface area contributed by atoms with Gasteiger partial charge in [-0.15, -0.1) is 0 Å². The molecule has 1 N–H and O–H groups in total. The predicted molar refractivity (Wildman–Crippen MR) is 146 cm³/mol. The standard InChI is InChI=1S/C28H24BrClN2O5/c1-4-36-24-14-19(13-22(29)25(24)37-15-18-8-10-20(30)11-9-18)12-21-26(33)31-28(35)32(27(21)34)23-7-5-6-16(2)17(23)3/h5-14H,4,15H2,1-3H3,(H,31,33,35)/b21-12+. The predicted octanol–water partition coefficient (Wildman–Crippen LogP) is 6.36. The molecule has 1 heterocycles. The summed E-state index contributed by atoms with van der Waals surface area (Å²) in [6.45, 7) is 6.20. The molecule has 9 heteroatoms. The summed E-state index contributed by atoms with van der Waals surface area (Å²) in [5.74, 6) is -0.567. The molecule has 0 unspecified atom stereocenters. The van der Waals surface area contributed by atoms with E-state index in [4.69, 9.17) is 21.1 Å². The van der Waals surface area contributed by atoms with Gasteiger partial charge in [-0.2, -0.15) is 0 Å². The third-order valence-electron chi connectivity index (χ3n) is 5.86. The Morgan fingerprint density at radius 1 is 1.03 bits per heavy atom. The fourth-order valence-electron chi connectivity index (χ4n) is 3.83. The number of nitrogens with zero attached hydrogens (tertiary/aromatic N) is 1. The molecule has 1 saturated heterocycles. The van der Waals surface area contributed by atoms with Crippen molar-refractivity contribution in [1.82, 2.24) is 5.32 Å². The third kappa shape index (κ3) is 5.70. The number of ether oxygens (including phenoxy) is 2. The van der Waals surface area contributed by atoms with E-state index in [2.05, 4.69) is 21.2 Å². The third-order valence-corrected chi connectivity index (χ3v) is 6.70. The van der Waals surface area contributed by atoms with Crippen molar-refractivity contribution < 1.29 is 23.9 Å². The highest BCUT2D eigenvalue weighted by Crippen LogP contribution is 2.38. The van der Waals surface area contributed by atoms with Crippen LogP contribution in [0.2, 0.25) is 5.02 Å². The highest BCUT2D eigenvalue weighted by atomic mass is 79.9. The van der Waals surface area contributed by atoms with Crippen LogP contribution in [0.3, 0.4) is 0 Å². The smallest absolute Gasteiger partial charge is 0.335 e. The molecule has 0 bridgehead atoms. The average Bonchev–Trinajstić information content (AvgIpc) is 2.85. The summed E-state index contributed by atoms with van der Waals surface area (Å²) in [7, 11) is 0. The minimum absolute atomic E-state index is 0.176. The number of rotatable bonds is 7. The first-order valence-electron chi connectivity index (χ1n) is 11.5. The molecular weight excluding hydrogens is 560 g/mol. The van der Waals surface area contributed by atoms with Crippen LogP contribution in [-0.4, -0.2) is 24.5 Å². The summed E-state index contributed by atoms with van der Waals surface area (Å²) < 4.78 is 12.4. The number of barbiturate groups is 1. The van der Waals surface area contributed by atoms with E-state index >= 15 is 0 Å². The number of hydrogen-bond acceptors (Lipinski definition) is 5. The van der Waals surface area contributed by atoms with Gasteiger partial charge in [0.1, 0.15) is 12.2 Å². The number of benzene rings is 3. The number of amides is 4. The normalized spacial score (nSPS) is 14.7. The van der Waals surface area contributed by atoms with E-state index in [1.54, 1.807) is 36.4 Å². The molecule has 7 nitrogen and oxygen atoms in total. The van der Waals surface area contributed by atoms with Gasteiger partial charge < -0.3 is 9.47 Å². The molecule has 0 saturated carbocycles. The minimum Gasteiger partial charge on any atom is -0.490 e. The summed E-state index contributed by atoms with van der Waals surface area (Å²) in [6, 6.07) is 15.2. The lowest BCUT2D eigenvalue weighted by molar-refractivity contribution is -0.122. The van der Waals surface area contributed by atoms with Crippen LogP contribution in [-0.2, 0) is 16.2 Å². The van der Waals surface area contributed by atoms with Gasteiger partial charge >= 0.3 is 6.03 Å². The topological polar surface area (TPSA) is 84.9 Å². The molecule has 4 amide bonds. The molecule has 0 aromatic heterocycles. The van der Waals surface area contributed by atoms with Crippen molar-refractivity contribution >= 4 is 57.1 Å². The van der Waals surface area contributed by atoms with E-state index in [9.17, 15) is 14.4 Å². The fraction of sp³-hybridized carbons (Fsp3) is 0.179. The van der Waals surface area contributed by atoms with Gasteiger partial charge in [0.05, 0.1) is 16.8 Å². The number of aryl methyl sites for hydroxylation is 1. The lowest BCUT2D eigenvalue weighted by Gasteiger charge is -2.28. The SMILES string of the molecule is CCOc1cc(/C=C2\C(=O)NC(=O)N(c3cccc(C)c3C)C2=O)cc(Br)c1OCc1ccc(Cl)cc1. The summed E-state index contributed by atoms with van der Waals surface area (Å²) in [4.78, 5) is 39.6. The Kier molecular flexibility index (Phi) is 8.00. The number of carbonyl (C=O) groups excluding carboxylic acids is 3. The largest absolute Gasteiger partial charge is 0.490 e. The van der Waals surface area contributed by atoms with Gasteiger partial charge in [0, 0.05) is 5.02 Å². The van der Waals surface area contributed by atoms with Gasteiger partial charge in [-0.25, -0.2) is 9.69 Å². The number of anilines is 1. The molecule has 1 fully saturated rings. The lowest BCUT2D eigenvalue weighted by atomic mass is 10.0. The average molecular weight is 584 g/mol. The molecule has 3 aromatic rings. The maximum atomic E-state index is 13.4. The lowest BCUT2D eigenvalue weighted by Crippen LogP contribution is -2.54. The van der Waals surface area contributed by atoms with Gasteiger partial charge in [-0.05, 0) is 95.4 Å². The molecule has 0 radical (unpaired) electrons. The van der Waals surface area contributed by atoms with Crippen LogP contribution in [0.15, 0.2) is 64.6 Å². The van der Waals surface area contributed by atoms with Crippen LogP contribution in [0.25, 0.3) is 6.08 Å². The fourth-order valence-corrected chi connectivity index (χ4v) is 4.53. The number of urea groups is 1. The number of halogens is 2. The summed E-state index contributed by atoms with van der Waals surface area (Å²) in [5.41, 5.74) is 3.37. The van der Waals surface area contributed by atoms with Gasteiger partial charge in [0.2, 0.25) is 0 Å². The Morgan fingerprint density at radius 3 is 2.46 bits per heavy atom.